The van der Waals surface area contributed by atoms with E-state index < -0.39 is 21.7 Å². The summed E-state index contributed by atoms with van der Waals surface area (Å²) in [6, 6.07) is 0.309. The molecule has 0 bridgehead atoms. The molecule has 0 aromatic heterocycles. The van der Waals surface area contributed by atoms with Crippen LogP contribution >= 0.6 is 0 Å². The van der Waals surface area contributed by atoms with Gasteiger partial charge in [-0.15, -0.1) is 0 Å². The molecule has 1 rings (SSSR count). The maximum atomic E-state index is 11.5. The number of carbonyl (C=O) groups excluding carboxylic acids is 1. The zero-order valence-corrected chi connectivity index (χ0v) is 12.4. The second-order valence-corrected chi connectivity index (χ2v) is 7.57. The van der Waals surface area contributed by atoms with Gasteiger partial charge in [0.2, 0.25) is 10.0 Å². The third-order valence-electron chi connectivity index (χ3n) is 2.68. The Morgan fingerprint density at radius 3 is 2.37 bits per heavy atom. The van der Waals surface area contributed by atoms with Gasteiger partial charge in [-0.3, -0.25) is 0 Å². The van der Waals surface area contributed by atoms with E-state index in [-0.39, 0.29) is 17.8 Å². The van der Waals surface area contributed by atoms with Crippen molar-refractivity contribution in [1.82, 2.24) is 10.6 Å². The maximum Gasteiger partial charge on any atom is 0.407 e. The standard InChI is InChI=1S/C11H23N3O4S/c1-11(2,3)18-10(15)14-9-6-8(7-9)13-4-5-19(12,16)17/h8-9,13H,4-7H2,1-3H3,(H,14,15)(H2,12,16,17). The molecule has 0 saturated heterocycles. The summed E-state index contributed by atoms with van der Waals surface area (Å²) in [5, 5.41) is 10.7. The minimum absolute atomic E-state index is 0.0757. The van der Waals surface area contributed by atoms with E-state index in [1.165, 1.54) is 0 Å². The van der Waals surface area contributed by atoms with E-state index >= 15 is 0 Å². The number of ether oxygens (including phenoxy) is 1. The zero-order valence-electron chi connectivity index (χ0n) is 11.6. The molecule has 0 heterocycles. The first-order chi connectivity index (χ1) is 8.55. The smallest absolute Gasteiger partial charge is 0.407 e. The van der Waals surface area contributed by atoms with E-state index in [0.717, 1.165) is 12.8 Å². The molecular weight excluding hydrogens is 270 g/mol. The molecule has 0 radical (unpaired) electrons. The van der Waals surface area contributed by atoms with Crippen molar-refractivity contribution in [2.45, 2.75) is 51.3 Å². The van der Waals surface area contributed by atoms with E-state index in [0.29, 0.717) is 6.54 Å². The van der Waals surface area contributed by atoms with Crippen LogP contribution in [0.2, 0.25) is 0 Å². The van der Waals surface area contributed by atoms with Crippen LogP contribution in [0.1, 0.15) is 33.6 Å². The summed E-state index contributed by atoms with van der Waals surface area (Å²) in [7, 11) is -3.41. The Kier molecular flexibility index (Phi) is 5.17. The monoisotopic (exact) mass is 293 g/mol. The number of nitrogens with two attached hydrogens (primary N) is 1. The number of sulfonamides is 1. The summed E-state index contributed by atoms with van der Waals surface area (Å²) in [6.45, 7) is 5.77. The van der Waals surface area contributed by atoms with Crippen LogP contribution in [0.25, 0.3) is 0 Å². The zero-order chi connectivity index (χ0) is 14.7. The second kappa shape index (κ2) is 6.06. The molecule has 1 amide bonds. The van der Waals surface area contributed by atoms with Crippen molar-refractivity contribution >= 4 is 16.1 Å². The van der Waals surface area contributed by atoms with Gasteiger partial charge in [-0.05, 0) is 33.6 Å². The van der Waals surface area contributed by atoms with E-state index in [4.69, 9.17) is 9.88 Å². The lowest BCUT2D eigenvalue weighted by Gasteiger charge is -2.36. The van der Waals surface area contributed by atoms with Gasteiger partial charge in [0.05, 0.1) is 5.75 Å². The number of alkyl carbamates (subject to hydrolysis) is 1. The molecular formula is C11H23N3O4S. The van der Waals surface area contributed by atoms with Crippen molar-refractivity contribution in [1.29, 1.82) is 0 Å². The number of nitrogens with one attached hydrogen (secondary N) is 2. The first kappa shape index (κ1) is 16.2. The fourth-order valence-corrected chi connectivity index (χ4v) is 2.18. The fraction of sp³-hybridized carbons (Fsp3) is 0.909. The Balaban J connectivity index is 2.12. The highest BCUT2D eigenvalue weighted by Gasteiger charge is 2.31. The van der Waals surface area contributed by atoms with Gasteiger partial charge in [-0.2, -0.15) is 0 Å². The van der Waals surface area contributed by atoms with Gasteiger partial charge in [-0.1, -0.05) is 0 Å². The Morgan fingerprint density at radius 2 is 1.89 bits per heavy atom. The topological polar surface area (TPSA) is 111 Å². The highest BCUT2D eigenvalue weighted by molar-refractivity contribution is 7.89. The molecule has 1 saturated carbocycles. The average Bonchev–Trinajstić information content (AvgIpc) is 2.08. The van der Waals surface area contributed by atoms with E-state index in [9.17, 15) is 13.2 Å². The minimum atomic E-state index is -3.41. The lowest BCUT2D eigenvalue weighted by atomic mass is 9.87. The lowest BCUT2D eigenvalue weighted by molar-refractivity contribution is 0.0466. The number of amides is 1. The summed E-state index contributed by atoms with van der Waals surface area (Å²) >= 11 is 0. The van der Waals surface area contributed by atoms with Gasteiger partial charge in [0.25, 0.3) is 0 Å². The van der Waals surface area contributed by atoms with Gasteiger partial charge < -0.3 is 15.4 Å². The van der Waals surface area contributed by atoms with Crippen molar-refractivity contribution in [3.05, 3.63) is 0 Å². The minimum Gasteiger partial charge on any atom is -0.444 e. The third kappa shape index (κ3) is 7.34. The summed E-state index contributed by atoms with van der Waals surface area (Å²) < 4.78 is 26.6. The van der Waals surface area contributed by atoms with E-state index in [2.05, 4.69) is 10.6 Å². The average molecular weight is 293 g/mol. The Hall–Kier alpha value is -0.860. The summed E-state index contributed by atoms with van der Waals surface area (Å²) in [4.78, 5) is 11.5. The predicted molar refractivity (Wildman–Crippen MR) is 72.2 cm³/mol. The van der Waals surface area contributed by atoms with Crippen LogP contribution in [0.15, 0.2) is 0 Å². The van der Waals surface area contributed by atoms with Crippen LogP contribution in [-0.2, 0) is 14.8 Å². The number of primary sulfonamides is 1. The van der Waals surface area contributed by atoms with E-state index in [1.807, 2.05) is 20.8 Å². The molecule has 1 aliphatic rings. The Bertz CT molecular complexity index is 410. The first-order valence-electron chi connectivity index (χ1n) is 6.28. The Labute approximate surface area is 114 Å². The normalized spacial score (nSPS) is 23.6. The fourth-order valence-electron chi connectivity index (χ4n) is 1.78. The lowest BCUT2D eigenvalue weighted by Crippen LogP contribution is -2.53. The van der Waals surface area contributed by atoms with Crippen molar-refractivity contribution in [2.24, 2.45) is 5.14 Å². The van der Waals surface area contributed by atoms with Crippen LogP contribution in [0.5, 0.6) is 0 Å². The molecule has 0 aromatic carbocycles. The van der Waals surface area contributed by atoms with Crippen molar-refractivity contribution in [2.75, 3.05) is 12.3 Å². The van der Waals surface area contributed by atoms with Gasteiger partial charge in [-0.25, -0.2) is 18.4 Å². The van der Waals surface area contributed by atoms with Gasteiger partial charge in [0.1, 0.15) is 5.60 Å². The summed E-state index contributed by atoms with van der Waals surface area (Å²) in [5.74, 6) is -0.0757. The number of hydrogen-bond donors (Lipinski definition) is 3. The van der Waals surface area contributed by atoms with Crippen LogP contribution < -0.4 is 15.8 Å². The molecule has 1 fully saturated rings. The second-order valence-electron chi connectivity index (χ2n) is 5.83. The van der Waals surface area contributed by atoms with Crippen LogP contribution in [-0.4, -0.2) is 44.5 Å². The van der Waals surface area contributed by atoms with E-state index in [1.54, 1.807) is 0 Å². The van der Waals surface area contributed by atoms with Crippen LogP contribution in [0.3, 0.4) is 0 Å². The summed E-state index contributed by atoms with van der Waals surface area (Å²) in [5.41, 5.74) is -0.499. The molecule has 0 aromatic rings. The number of carbonyl (C=O) groups is 1. The highest BCUT2D eigenvalue weighted by atomic mass is 32.2. The van der Waals surface area contributed by atoms with Crippen molar-refractivity contribution < 1.29 is 17.9 Å². The van der Waals surface area contributed by atoms with Crippen molar-refractivity contribution in [3.8, 4) is 0 Å². The van der Waals surface area contributed by atoms with Gasteiger partial charge in [0.15, 0.2) is 0 Å². The largest absolute Gasteiger partial charge is 0.444 e. The SMILES string of the molecule is CC(C)(C)OC(=O)NC1CC(NCCS(N)(=O)=O)C1. The molecule has 19 heavy (non-hydrogen) atoms. The molecule has 4 N–H and O–H groups in total. The van der Waals surface area contributed by atoms with Gasteiger partial charge >= 0.3 is 6.09 Å². The molecule has 0 spiro atoms. The first-order valence-corrected chi connectivity index (χ1v) is 8.00. The maximum absolute atomic E-state index is 11.5. The van der Waals surface area contributed by atoms with Crippen LogP contribution in [0, 0.1) is 0 Å². The molecule has 0 unspecified atom stereocenters. The molecule has 0 aliphatic heterocycles. The molecule has 8 heteroatoms. The quantitative estimate of drug-likeness (QED) is 0.656. The van der Waals surface area contributed by atoms with Gasteiger partial charge in [0, 0.05) is 18.6 Å². The van der Waals surface area contributed by atoms with Crippen molar-refractivity contribution in [3.63, 3.8) is 0 Å². The summed E-state index contributed by atoms with van der Waals surface area (Å²) in [6.07, 6.45) is 1.12. The number of rotatable bonds is 5. The molecule has 112 valence electrons. The third-order valence-corrected chi connectivity index (χ3v) is 3.45. The Morgan fingerprint density at radius 1 is 1.32 bits per heavy atom. The molecule has 1 aliphatic carbocycles. The molecule has 0 atom stereocenters. The molecule has 7 nitrogen and oxygen atoms in total. The highest BCUT2D eigenvalue weighted by Crippen LogP contribution is 2.20. The predicted octanol–water partition coefficient (Wildman–Crippen LogP) is -0.0798. The van der Waals surface area contributed by atoms with Crippen LogP contribution in [0.4, 0.5) is 4.79 Å². The number of hydrogen-bond acceptors (Lipinski definition) is 5.